The van der Waals surface area contributed by atoms with Crippen LogP contribution in [-0.4, -0.2) is 44.6 Å². The molecule has 0 radical (unpaired) electrons. The van der Waals surface area contributed by atoms with E-state index in [4.69, 9.17) is 0 Å². The average molecular weight is 367 g/mol. The van der Waals surface area contributed by atoms with Crippen LogP contribution in [0.15, 0.2) is 0 Å². The maximum atomic E-state index is 9.87. The summed E-state index contributed by atoms with van der Waals surface area (Å²) < 4.78 is 23.8. The number of thiol groups is 1. The van der Waals surface area contributed by atoms with Crippen LogP contribution in [0.5, 0.6) is 0 Å². The van der Waals surface area contributed by atoms with Crippen molar-refractivity contribution in [2.24, 2.45) is 0 Å². The second-order valence-electron chi connectivity index (χ2n) is 0.834. The first-order valence-electron chi connectivity index (χ1n) is 1.68. The molecule has 0 aliphatic carbocycles. The Morgan fingerprint density at radius 1 is 1.56 bits per heavy atom. The molecule has 0 aromatic carbocycles. The molecule has 9 heavy (non-hydrogen) atoms. The van der Waals surface area contributed by atoms with Crippen LogP contribution in [0, 0.1) is 0 Å². The van der Waals surface area contributed by atoms with E-state index < -0.39 is 9.15 Å². The Labute approximate surface area is 103 Å². The van der Waals surface area contributed by atoms with Gasteiger partial charge in [0.2, 0.25) is 0 Å². The zero-order chi connectivity index (χ0) is 5.91. The van der Waals surface area contributed by atoms with Crippen molar-refractivity contribution in [3.63, 3.8) is 0 Å². The molecule has 7 heteroatoms. The van der Waals surface area contributed by atoms with Crippen LogP contribution in [0.3, 0.4) is 0 Å². The monoisotopic (exact) mass is 368 g/mol. The molecule has 0 N–H and O–H groups in total. The van der Waals surface area contributed by atoms with Gasteiger partial charge in [0.1, 0.15) is 0 Å². The van der Waals surface area contributed by atoms with Gasteiger partial charge < -0.3 is 0 Å². The van der Waals surface area contributed by atoms with E-state index in [9.17, 15) is 8.42 Å². The summed E-state index contributed by atoms with van der Waals surface area (Å²) >= 11 is 3.08. The topological polar surface area (TPSA) is 43.4 Å². The molecule has 0 bridgehead atoms. The van der Waals surface area contributed by atoms with Crippen LogP contribution >= 0.6 is 11.7 Å². The normalized spacial score (nSPS) is 9.11. The van der Waals surface area contributed by atoms with Gasteiger partial charge in [-0.15, -0.1) is 0 Å². The summed E-state index contributed by atoms with van der Waals surface area (Å²) in [5.74, 6) is 0. The van der Waals surface area contributed by atoms with Crippen LogP contribution in [-0.2, 0) is 41.0 Å². The Balaban J connectivity index is -0.000000180. The summed E-state index contributed by atoms with van der Waals surface area (Å²) in [5.41, 5.74) is 0. The van der Waals surface area contributed by atoms with Gasteiger partial charge in [0, 0.05) is 27.7 Å². The van der Waals surface area contributed by atoms with Crippen LogP contribution in [0.1, 0.15) is 6.92 Å². The number of rotatable bonds is 2. The Morgan fingerprint density at radius 2 is 1.89 bits per heavy atom. The molecule has 0 aromatic rings. The first-order chi connectivity index (χ1) is 3.06. The summed E-state index contributed by atoms with van der Waals surface area (Å²) in [4.78, 5) is 0. The first kappa shape index (κ1) is 17.3. The van der Waals surface area contributed by atoms with Crippen molar-refractivity contribution in [2.75, 3.05) is 6.61 Å². The fourth-order valence-corrected chi connectivity index (χ4v) is 0.763. The van der Waals surface area contributed by atoms with Crippen LogP contribution in [0.4, 0.5) is 0 Å². The standard InChI is InChI=1S/C2H6O3S2.Hg.Na.H/c1-2-5-7(3,4)6;;;/h2H2,1H3,(H,3,4,6);;;. The molecule has 0 saturated carbocycles. The fourth-order valence-electron chi connectivity index (χ4n) is 0.149. The van der Waals surface area contributed by atoms with Crippen molar-refractivity contribution in [1.82, 2.24) is 0 Å². The van der Waals surface area contributed by atoms with Crippen molar-refractivity contribution in [3.05, 3.63) is 0 Å². The third-order valence-corrected chi connectivity index (χ3v) is 1.12. The van der Waals surface area contributed by atoms with Gasteiger partial charge in [-0.05, 0) is 18.6 Å². The average Bonchev–Trinajstić information content (AvgIpc) is 1.30. The molecule has 0 fully saturated rings. The minimum absolute atomic E-state index is 0. The SMILES string of the molecule is CCOS(=O)(=O)S.[Hg].[NaH]. The molecule has 0 aliphatic heterocycles. The summed E-state index contributed by atoms with van der Waals surface area (Å²) in [5, 5.41) is 0. The molecular weight excluding hydrogens is 360 g/mol. The second kappa shape index (κ2) is 8.29. The Kier molecular flexibility index (Phi) is 16.0. The van der Waals surface area contributed by atoms with Crippen molar-refractivity contribution < 1.29 is 40.3 Å². The molecule has 0 aliphatic rings. The molecule has 3 nitrogen and oxygen atoms in total. The summed E-state index contributed by atoms with van der Waals surface area (Å²) in [6.07, 6.45) is 0. The van der Waals surface area contributed by atoms with Gasteiger partial charge in [0.25, 0.3) is 0 Å². The van der Waals surface area contributed by atoms with Gasteiger partial charge in [0.05, 0.1) is 6.61 Å². The van der Waals surface area contributed by atoms with Gasteiger partial charge in [-0.2, -0.15) is 8.42 Å². The Hall–Kier alpha value is 2.20. The zero-order valence-electron chi connectivity index (χ0n) is 4.49. The van der Waals surface area contributed by atoms with Crippen molar-refractivity contribution in [3.8, 4) is 0 Å². The van der Waals surface area contributed by atoms with Crippen molar-refractivity contribution in [2.45, 2.75) is 6.92 Å². The van der Waals surface area contributed by atoms with E-state index >= 15 is 0 Å². The molecular formula is C2H7HgNaO3S2. The summed E-state index contributed by atoms with van der Waals surface area (Å²) in [6, 6.07) is 0. The van der Waals surface area contributed by atoms with E-state index in [-0.39, 0.29) is 63.8 Å². The molecule has 0 amide bonds. The molecule has 48 valence electrons. The van der Waals surface area contributed by atoms with Crippen LogP contribution < -0.4 is 0 Å². The summed E-state index contributed by atoms with van der Waals surface area (Å²) in [7, 11) is -3.48. The van der Waals surface area contributed by atoms with E-state index in [0.29, 0.717) is 0 Å². The van der Waals surface area contributed by atoms with Gasteiger partial charge in [-0.1, -0.05) is 0 Å². The molecule has 0 rings (SSSR count). The first-order valence-corrected chi connectivity index (χ1v) is 4.14. The number of hydrogen-bond donors (Lipinski definition) is 1. The quantitative estimate of drug-likeness (QED) is 0.409. The van der Waals surface area contributed by atoms with E-state index in [1.165, 1.54) is 0 Å². The van der Waals surface area contributed by atoms with E-state index in [0.717, 1.165) is 0 Å². The molecule has 0 saturated heterocycles. The van der Waals surface area contributed by atoms with Crippen molar-refractivity contribution >= 4 is 50.4 Å². The number of hydrogen-bond acceptors (Lipinski definition) is 3. The van der Waals surface area contributed by atoms with Gasteiger partial charge in [-0.3, -0.25) is 4.18 Å². The summed E-state index contributed by atoms with van der Waals surface area (Å²) in [6.45, 7) is 1.72. The Bertz CT molecular complexity index is 133. The van der Waals surface area contributed by atoms with Crippen LogP contribution in [0.25, 0.3) is 0 Å². The van der Waals surface area contributed by atoms with Crippen LogP contribution in [0.2, 0.25) is 0 Å². The van der Waals surface area contributed by atoms with Gasteiger partial charge in [-0.25, -0.2) is 0 Å². The predicted octanol–water partition coefficient (Wildman–Crippen LogP) is -0.453. The molecule has 0 heterocycles. The second-order valence-corrected chi connectivity index (χ2v) is 3.27. The van der Waals surface area contributed by atoms with E-state index in [2.05, 4.69) is 15.8 Å². The van der Waals surface area contributed by atoms with Gasteiger partial charge >= 0.3 is 38.7 Å². The zero-order valence-corrected chi connectivity index (χ0v) is 11.7. The van der Waals surface area contributed by atoms with E-state index in [1.807, 2.05) is 0 Å². The third kappa shape index (κ3) is 17.8. The van der Waals surface area contributed by atoms with Gasteiger partial charge in [0.15, 0.2) is 0 Å². The Morgan fingerprint density at radius 3 is 1.89 bits per heavy atom. The third-order valence-electron chi connectivity index (χ3n) is 0.267. The predicted molar refractivity (Wildman–Crippen MR) is 36.7 cm³/mol. The minimum atomic E-state index is -3.48. The fraction of sp³-hybridized carbons (Fsp3) is 1.00. The molecule has 0 atom stereocenters. The molecule has 0 unspecified atom stereocenters. The molecule has 0 spiro atoms. The van der Waals surface area contributed by atoms with Crippen molar-refractivity contribution in [1.29, 1.82) is 0 Å². The van der Waals surface area contributed by atoms with E-state index in [1.54, 1.807) is 6.92 Å². The molecule has 0 aromatic heterocycles. The maximum absolute atomic E-state index is 9.87.